The van der Waals surface area contributed by atoms with Crippen LogP contribution in [0.5, 0.6) is 0 Å². The largest absolute Gasteiger partial charge is 0.448 e. The normalized spacial score (nSPS) is 18.6. The number of amides is 3. The third kappa shape index (κ3) is 6.46. The van der Waals surface area contributed by atoms with Crippen molar-refractivity contribution in [3.05, 3.63) is 0 Å². The van der Waals surface area contributed by atoms with Crippen molar-refractivity contribution in [2.24, 2.45) is 5.92 Å². The third-order valence-electron chi connectivity index (χ3n) is 4.42. The van der Waals surface area contributed by atoms with Gasteiger partial charge in [0.05, 0.1) is 13.1 Å². The molecule has 2 aliphatic rings. The second-order valence-corrected chi connectivity index (χ2v) is 6.29. The lowest BCUT2D eigenvalue weighted by molar-refractivity contribution is -0.126. The molecule has 0 atom stereocenters. The molecule has 7 heteroatoms. The van der Waals surface area contributed by atoms with Crippen LogP contribution in [-0.2, 0) is 14.3 Å². The van der Waals surface area contributed by atoms with E-state index in [0.29, 0.717) is 45.0 Å². The minimum Gasteiger partial charge on any atom is -0.448 e. The standard InChI is InChI=1S/C16H27N3O4/c20-14(11-13-5-2-1-3-6-13)18-12-15(21)17-7-4-8-19-9-10-23-16(19)22/h13H,1-12H2,(H,17,21)(H,18,20). The number of rotatable bonds is 8. The van der Waals surface area contributed by atoms with E-state index in [0.717, 1.165) is 12.8 Å². The monoisotopic (exact) mass is 325 g/mol. The molecule has 0 bridgehead atoms. The van der Waals surface area contributed by atoms with Gasteiger partial charge in [-0.15, -0.1) is 0 Å². The van der Waals surface area contributed by atoms with Gasteiger partial charge in [-0.25, -0.2) is 4.79 Å². The SMILES string of the molecule is O=C(CNC(=O)CC1CCCCC1)NCCCN1CCOC1=O. The molecule has 0 aromatic heterocycles. The molecule has 1 saturated heterocycles. The molecule has 1 aliphatic heterocycles. The zero-order valence-corrected chi connectivity index (χ0v) is 13.6. The van der Waals surface area contributed by atoms with Crippen LogP contribution < -0.4 is 10.6 Å². The van der Waals surface area contributed by atoms with E-state index in [4.69, 9.17) is 4.74 Å². The highest BCUT2D eigenvalue weighted by Crippen LogP contribution is 2.25. The Morgan fingerprint density at radius 3 is 2.61 bits per heavy atom. The van der Waals surface area contributed by atoms with Crippen molar-refractivity contribution < 1.29 is 19.1 Å². The third-order valence-corrected chi connectivity index (χ3v) is 4.42. The minimum atomic E-state index is -0.286. The van der Waals surface area contributed by atoms with Gasteiger partial charge in [0, 0.05) is 19.5 Å². The van der Waals surface area contributed by atoms with Gasteiger partial charge >= 0.3 is 6.09 Å². The molecule has 0 aromatic carbocycles. The molecule has 0 radical (unpaired) electrons. The molecular weight excluding hydrogens is 298 g/mol. The Labute approximate surface area is 137 Å². The van der Waals surface area contributed by atoms with E-state index in [9.17, 15) is 14.4 Å². The Bertz CT molecular complexity index is 422. The van der Waals surface area contributed by atoms with E-state index in [1.54, 1.807) is 4.90 Å². The number of nitrogens with zero attached hydrogens (tertiary/aromatic N) is 1. The van der Waals surface area contributed by atoms with E-state index < -0.39 is 0 Å². The number of hydrogen-bond donors (Lipinski definition) is 2. The molecule has 2 rings (SSSR count). The highest BCUT2D eigenvalue weighted by molar-refractivity contribution is 5.84. The van der Waals surface area contributed by atoms with Gasteiger partial charge < -0.3 is 20.3 Å². The van der Waals surface area contributed by atoms with Gasteiger partial charge in [-0.1, -0.05) is 19.3 Å². The Hall–Kier alpha value is -1.79. The summed E-state index contributed by atoms with van der Waals surface area (Å²) in [5, 5.41) is 5.43. The summed E-state index contributed by atoms with van der Waals surface area (Å²) in [6.07, 6.45) is 6.87. The number of cyclic esters (lactones) is 1. The summed E-state index contributed by atoms with van der Waals surface area (Å²) >= 11 is 0. The van der Waals surface area contributed by atoms with Crippen LogP contribution in [0.2, 0.25) is 0 Å². The van der Waals surface area contributed by atoms with Crippen molar-refractivity contribution in [3.8, 4) is 0 Å². The van der Waals surface area contributed by atoms with Crippen molar-refractivity contribution in [3.63, 3.8) is 0 Å². The average Bonchev–Trinajstić information content (AvgIpc) is 2.96. The van der Waals surface area contributed by atoms with Crippen LogP contribution >= 0.6 is 0 Å². The molecule has 2 fully saturated rings. The van der Waals surface area contributed by atoms with Crippen LogP contribution in [-0.4, -0.2) is 55.6 Å². The lowest BCUT2D eigenvalue weighted by Gasteiger charge is -2.20. The molecule has 1 aliphatic carbocycles. The van der Waals surface area contributed by atoms with Crippen molar-refractivity contribution in [1.29, 1.82) is 0 Å². The van der Waals surface area contributed by atoms with Crippen molar-refractivity contribution >= 4 is 17.9 Å². The molecule has 23 heavy (non-hydrogen) atoms. The van der Waals surface area contributed by atoms with E-state index in [1.807, 2.05) is 0 Å². The van der Waals surface area contributed by atoms with E-state index in [-0.39, 0.29) is 24.5 Å². The van der Waals surface area contributed by atoms with Crippen LogP contribution in [0.4, 0.5) is 4.79 Å². The van der Waals surface area contributed by atoms with Gasteiger partial charge in [-0.05, 0) is 25.2 Å². The summed E-state index contributed by atoms with van der Waals surface area (Å²) in [5.74, 6) is 0.255. The van der Waals surface area contributed by atoms with E-state index in [2.05, 4.69) is 10.6 Å². The van der Waals surface area contributed by atoms with Crippen LogP contribution in [0, 0.1) is 5.92 Å². The van der Waals surface area contributed by atoms with Crippen molar-refractivity contribution in [2.75, 3.05) is 32.8 Å². The fourth-order valence-corrected chi connectivity index (χ4v) is 3.09. The summed E-state index contributed by atoms with van der Waals surface area (Å²) in [6, 6.07) is 0. The van der Waals surface area contributed by atoms with Gasteiger partial charge in [-0.2, -0.15) is 0 Å². The fourth-order valence-electron chi connectivity index (χ4n) is 3.09. The molecule has 2 N–H and O–H groups in total. The van der Waals surface area contributed by atoms with Crippen LogP contribution in [0.1, 0.15) is 44.9 Å². The summed E-state index contributed by atoms with van der Waals surface area (Å²) in [7, 11) is 0. The van der Waals surface area contributed by atoms with E-state index in [1.165, 1.54) is 19.3 Å². The average molecular weight is 325 g/mol. The predicted molar refractivity (Wildman–Crippen MR) is 84.7 cm³/mol. The van der Waals surface area contributed by atoms with Gasteiger partial charge in [0.15, 0.2) is 0 Å². The summed E-state index contributed by atoms with van der Waals surface area (Å²) in [5.41, 5.74) is 0. The molecule has 7 nitrogen and oxygen atoms in total. The summed E-state index contributed by atoms with van der Waals surface area (Å²) in [6.45, 7) is 2.15. The van der Waals surface area contributed by atoms with Crippen molar-refractivity contribution in [2.45, 2.75) is 44.9 Å². The molecule has 1 heterocycles. The number of carbonyl (C=O) groups is 3. The highest BCUT2D eigenvalue weighted by Gasteiger charge is 2.21. The van der Waals surface area contributed by atoms with Gasteiger partial charge in [0.25, 0.3) is 0 Å². The number of carbonyl (C=O) groups excluding carboxylic acids is 3. The smallest absolute Gasteiger partial charge is 0.409 e. The van der Waals surface area contributed by atoms with Crippen LogP contribution in [0.15, 0.2) is 0 Å². The minimum absolute atomic E-state index is 0.0251. The summed E-state index contributed by atoms with van der Waals surface area (Å²) < 4.78 is 4.82. The number of nitrogens with one attached hydrogen (secondary N) is 2. The van der Waals surface area contributed by atoms with Crippen LogP contribution in [0.3, 0.4) is 0 Å². The topological polar surface area (TPSA) is 87.7 Å². The van der Waals surface area contributed by atoms with Crippen molar-refractivity contribution in [1.82, 2.24) is 15.5 Å². The zero-order chi connectivity index (χ0) is 16.5. The molecule has 130 valence electrons. The number of hydrogen-bond acceptors (Lipinski definition) is 4. The van der Waals surface area contributed by atoms with Gasteiger partial charge in [0.2, 0.25) is 11.8 Å². The lowest BCUT2D eigenvalue weighted by atomic mass is 9.87. The second kappa shape index (κ2) is 9.37. The second-order valence-electron chi connectivity index (χ2n) is 6.29. The Morgan fingerprint density at radius 1 is 1.13 bits per heavy atom. The first-order valence-corrected chi connectivity index (χ1v) is 8.60. The Balaban J connectivity index is 1.49. The predicted octanol–water partition coefficient (Wildman–Crippen LogP) is 1.03. The Morgan fingerprint density at radius 2 is 1.91 bits per heavy atom. The molecule has 0 spiro atoms. The fraction of sp³-hybridized carbons (Fsp3) is 0.812. The maximum Gasteiger partial charge on any atom is 0.409 e. The maximum absolute atomic E-state index is 11.8. The van der Waals surface area contributed by atoms with Gasteiger partial charge in [0.1, 0.15) is 6.61 Å². The number of ether oxygens (including phenoxy) is 1. The molecule has 0 aromatic rings. The molecule has 1 saturated carbocycles. The Kier molecular flexibility index (Phi) is 7.16. The molecule has 3 amide bonds. The zero-order valence-electron chi connectivity index (χ0n) is 13.6. The van der Waals surface area contributed by atoms with E-state index >= 15 is 0 Å². The molecule has 0 unspecified atom stereocenters. The highest BCUT2D eigenvalue weighted by atomic mass is 16.6. The molecular formula is C16H27N3O4. The quantitative estimate of drug-likeness (QED) is 0.653. The summed E-state index contributed by atoms with van der Waals surface area (Å²) in [4.78, 5) is 36.3. The first kappa shape index (κ1) is 17.6. The lowest BCUT2D eigenvalue weighted by Crippen LogP contribution is -2.38. The first-order chi connectivity index (χ1) is 11.1. The van der Waals surface area contributed by atoms with Crippen LogP contribution in [0.25, 0.3) is 0 Å². The first-order valence-electron chi connectivity index (χ1n) is 8.60. The van der Waals surface area contributed by atoms with Gasteiger partial charge in [-0.3, -0.25) is 9.59 Å². The maximum atomic E-state index is 11.8.